The molecular formula is C21H28N2O4S. The van der Waals surface area contributed by atoms with Crippen LogP contribution in [-0.4, -0.2) is 38.3 Å². The van der Waals surface area contributed by atoms with Gasteiger partial charge in [0.15, 0.2) is 6.61 Å². The average molecular weight is 405 g/mol. The second kappa shape index (κ2) is 10.2. The molecule has 6 nitrogen and oxygen atoms in total. The average Bonchev–Trinajstić information content (AvgIpc) is 2.68. The molecule has 2 aromatic rings. The Balaban J connectivity index is 1.97. The number of carbonyl (C=O) groups excluding carboxylic acids is 1. The van der Waals surface area contributed by atoms with Gasteiger partial charge in [-0.3, -0.25) is 4.79 Å². The molecule has 0 heterocycles. The molecule has 0 spiro atoms. The fourth-order valence-electron chi connectivity index (χ4n) is 2.69. The lowest BCUT2D eigenvalue weighted by atomic mass is 10.2. The summed E-state index contributed by atoms with van der Waals surface area (Å²) in [6.45, 7) is 6.75. The normalized spacial score (nSPS) is 11.4. The van der Waals surface area contributed by atoms with Crippen molar-refractivity contribution < 1.29 is 17.9 Å². The number of benzene rings is 2. The Morgan fingerprint density at radius 1 is 0.964 bits per heavy atom. The number of carbonyl (C=O) groups is 1. The van der Waals surface area contributed by atoms with E-state index in [0.29, 0.717) is 24.5 Å². The van der Waals surface area contributed by atoms with Crippen molar-refractivity contribution in [3.63, 3.8) is 0 Å². The number of hydrogen-bond acceptors (Lipinski definition) is 4. The quantitative estimate of drug-likeness (QED) is 0.653. The van der Waals surface area contributed by atoms with Gasteiger partial charge in [0.1, 0.15) is 5.75 Å². The fraction of sp³-hybridized carbons (Fsp3) is 0.381. The zero-order valence-electron chi connectivity index (χ0n) is 16.6. The molecule has 0 aromatic heterocycles. The molecule has 2 aromatic carbocycles. The van der Waals surface area contributed by atoms with E-state index in [1.165, 1.54) is 16.4 Å². The second-order valence-corrected chi connectivity index (χ2v) is 8.52. The van der Waals surface area contributed by atoms with Crippen LogP contribution in [0.2, 0.25) is 0 Å². The molecule has 0 bridgehead atoms. The van der Waals surface area contributed by atoms with Crippen LogP contribution in [0.25, 0.3) is 0 Å². The minimum Gasteiger partial charge on any atom is -0.484 e. The highest BCUT2D eigenvalue weighted by Crippen LogP contribution is 2.19. The second-order valence-electron chi connectivity index (χ2n) is 6.58. The maximum absolute atomic E-state index is 12.7. The van der Waals surface area contributed by atoms with Crippen molar-refractivity contribution in [2.75, 3.05) is 25.0 Å². The van der Waals surface area contributed by atoms with Gasteiger partial charge in [-0.05, 0) is 56.2 Å². The number of anilines is 1. The first-order valence-electron chi connectivity index (χ1n) is 9.46. The summed E-state index contributed by atoms with van der Waals surface area (Å²) in [5.41, 5.74) is 1.64. The number of nitrogens with zero attached hydrogens (tertiary/aromatic N) is 1. The van der Waals surface area contributed by atoms with Gasteiger partial charge in [0.05, 0.1) is 4.90 Å². The highest BCUT2D eigenvalue weighted by atomic mass is 32.2. The maximum Gasteiger partial charge on any atom is 0.262 e. The summed E-state index contributed by atoms with van der Waals surface area (Å²) in [5, 5.41) is 2.71. The molecule has 7 heteroatoms. The fourth-order valence-corrected chi connectivity index (χ4v) is 4.31. The van der Waals surface area contributed by atoms with Gasteiger partial charge in [-0.25, -0.2) is 8.42 Å². The molecule has 1 N–H and O–H groups in total. The minimum atomic E-state index is -3.52. The predicted octanol–water partition coefficient (Wildman–Crippen LogP) is 3.82. The molecule has 0 aliphatic carbocycles. The van der Waals surface area contributed by atoms with Gasteiger partial charge in [-0.15, -0.1) is 0 Å². The summed E-state index contributed by atoms with van der Waals surface area (Å²) in [5.74, 6) is 0.309. The van der Waals surface area contributed by atoms with Crippen molar-refractivity contribution in [1.82, 2.24) is 4.31 Å². The molecular weight excluding hydrogens is 376 g/mol. The smallest absolute Gasteiger partial charge is 0.262 e. The van der Waals surface area contributed by atoms with Crippen LogP contribution in [0.3, 0.4) is 0 Å². The zero-order valence-corrected chi connectivity index (χ0v) is 17.5. The highest BCUT2D eigenvalue weighted by Gasteiger charge is 2.22. The van der Waals surface area contributed by atoms with E-state index in [4.69, 9.17) is 4.74 Å². The molecule has 0 aliphatic rings. The number of sulfonamides is 1. The van der Waals surface area contributed by atoms with Gasteiger partial charge in [0, 0.05) is 18.8 Å². The molecule has 1 amide bonds. The monoisotopic (exact) mass is 404 g/mol. The van der Waals surface area contributed by atoms with Crippen LogP contribution in [0.15, 0.2) is 53.4 Å². The van der Waals surface area contributed by atoms with Crippen molar-refractivity contribution in [3.8, 4) is 5.75 Å². The topological polar surface area (TPSA) is 75.7 Å². The van der Waals surface area contributed by atoms with Crippen molar-refractivity contribution in [3.05, 3.63) is 54.1 Å². The zero-order chi connectivity index (χ0) is 20.6. The third-order valence-corrected chi connectivity index (χ3v) is 6.03. The van der Waals surface area contributed by atoms with Crippen LogP contribution in [0, 0.1) is 6.92 Å². The lowest BCUT2D eigenvalue weighted by Gasteiger charge is -2.21. The molecule has 0 atom stereocenters. The van der Waals surface area contributed by atoms with Gasteiger partial charge in [0.25, 0.3) is 5.91 Å². The number of nitrogens with one attached hydrogen (secondary N) is 1. The van der Waals surface area contributed by atoms with Crippen molar-refractivity contribution in [1.29, 1.82) is 0 Å². The number of rotatable bonds is 10. The summed E-state index contributed by atoms with van der Waals surface area (Å²) in [7, 11) is -3.52. The molecule has 0 aliphatic heterocycles. The van der Waals surface area contributed by atoms with E-state index in [-0.39, 0.29) is 17.4 Å². The minimum absolute atomic E-state index is 0.121. The number of hydrogen-bond donors (Lipinski definition) is 1. The van der Waals surface area contributed by atoms with Gasteiger partial charge >= 0.3 is 0 Å². The maximum atomic E-state index is 12.7. The van der Waals surface area contributed by atoms with Gasteiger partial charge in [-0.1, -0.05) is 31.5 Å². The first-order chi connectivity index (χ1) is 13.4. The van der Waals surface area contributed by atoms with Crippen LogP contribution in [0.4, 0.5) is 5.69 Å². The third kappa shape index (κ3) is 6.07. The van der Waals surface area contributed by atoms with E-state index in [2.05, 4.69) is 5.32 Å². The lowest BCUT2D eigenvalue weighted by molar-refractivity contribution is -0.118. The van der Waals surface area contributed by atoms with E-state index in [0.717, 1.165) is 18.4 Å². The Morgan fingerprint density at radius 3 is 2.07 bits per heavy atom. The number of aryl methyl sites for hydroxylation is 1. The summed E-state index contributed by atoms with van der Waals surface area (Å²) in [6, 6.07) is 13.6. The summed E-state index contributed by atoms with van der Waals surface area (Å²) in [6.07, 6.45) is 1.52. The van der Waals surface area contributed by atoms with E-state index >= 15 is 0 Å². The Bertz CT molecular complexity index is 856. The Morgan fingerprint density at radius 2 is 1.54 bits per heavy atom. The Hall–Kier alpha value is -2.38. The largest absolute Gasteiger partial charge is 0.484 e. The first-order valence-corrected chi connectivity index (χ1v) is 10.9. The molecule has 0 saturated carbocycles. The van der Waals surface area contributed by atoms with E-state index in [1.807, 2.05) is 32.9 Å². The van der Waals surface area contributed by atoms with E-state index in [9.17, 15) is 13.2 Å². The lowest BCUT2D eigenvalue weighted by Crippen LogP contribution is -2.32. The first kappa shape index (κ1) is 21.9. The molecule has 28 heavy (non-hydrogen) atoms. The van der Waals surface area contributed by atoms with Crippen LogP contribution in [0.1, 0.15) is 32.3 Å². The van der Waals surface area contributed by atoms with Gasteiger partial charge in [-0.2, -0.15) is 4.31 Å². The number of ether oxygens (including phenoxy) is 1. The standard InChI is InChI=1S/C21H28N2O4S/c1-4-14-23(15-5-2)28(25,26)20-12-8-18(9-13-20)22-21(24)16-27-19-10-6-17(3)7-11-19/h6-13H,4-5,14-16H2,1-3H3,(H,22,24). The summed E-state index contributed by atoms with van der Waals surface area (Å²) >= 11 is 0. The van der Waals surface area contributed by atoms with Crippen LogP contribution in [0.5, 0.6) is 5.75 Å². The van der Waals surface area contributed by atoms with Crippen molar-refractivity contribution in [2.45, 2.75) is 38.5 Å². The Labute approximate surface area is 167 Å². The van der Waals surface area contributed by atoms with Crippen LogP contribution < -0.4 is 10.1 Å². The number of amides is 1. The summed E-state index contributed by atoms with van der Waals surface area (Å²) < 4.78 is 32.4. The van der Waals surface area contributed by atoms with Gasteiger partial charge in [0.2, 0.25) is 10.0 Å². The molecule has 0 fully saturated rings. The predicted molar refractivity (Wildman–Crippen MR) is 111 cm³/mol. The molecule has 0 radical (unpaired) electrons. The molecule has 0 unspecified atom stereocenters. The van der Waals surface area contributed by atoms with Gasteiger partial charge < -0.3 is 10.1 Å². The van der Waals surface area contributed by atoms with Crippen molar-refractivity contribution >= 4 is 21.6 Å². The Kier molecular flexibility index (Phi) is 8.02. The van der Waals surface area contributed by atoms with E-state index in [1.54, 1.807) is 24.3 Å². The van der Waals surface area contributed by atoms with Crippen LogP contribution in [-0.2, 0) is 14.8 Å². The molecule has 0 saturated heterocycles. The third-order valence-electron chi connectivity index (χ3n) is 4.11. The SMILES string of the molecule is CCCN(CCC)S(=O)(=O)c1ccc(NC(=O)COc2ccc(C)cc2)cc1. The summed E-state index contributed by atoms with van der Waals surface area (Å²) in [4.78, 5) is 12.3. The molecule has 2 rings (SSSR count). The van der Waals surface area contributed by atoms with E-state index < -0.39 is 10.0 Å². The van der Waals surface area contributed by atoms with Crippen molar-refractivity contribution in [2.24, 2.45) is 0 Å². The van der Waals surface area contributed by atoms with Crippen LogP contribution >= 0.6 is 0 Å². The highest BCUT2D eigenvalue weighted by molar-refractivity contribution is 7.89. The molecule has 152 valence electrons.